The van der Waals surface area contributed by atoms with Gasteiger partial charge in [0.15, 0.2) is 6.23 Å². The summed E-state index contributed by atoms with van der Waals surface area (Å²) in [6.45, 7) is 2.82. The van der Waals surface area contributed by atoms with Gasteiger partial charge in [0.05, 0.1) is 6.61 Å². The van der Waals surface area contributed by atoms with Gasteiger partial charge in [-0.05, 0) is 6.92 Å². The van der Waals surface area contributed by atoms with Gasteiger partial charge in [-0.1, -0.05) is 18.8 Å². The minimum absolute atomic E-state index is 0.0965. The number of nitrogens with zero attached hydrogens (tertiary/aromatic N) is 1. The van der Waals surface area contributed by atoms with Crippen molar-refractivity contribution in [1.82, 2.24) is 9.55 Å². The molecule has 8 nitrogen and oxygen atoms in total. The van der Waals surface area contributed by atoms with Crippen molar-refractivity contribution >= 4 is 0 Å². The molecular weight excluding hydrogens is 292 g/mol. The summed E-state index contributed by atoms with van der Waals surface area (Å²) in [4.78, 5) is 26.0. The van der Waals surface area contributed by atoms with Crippen molar-refractivity contribution in [3.8, 4) is 11.8 Å². The Balaban J connectivity index is 2.57. The first kappa shape index (κ1) is 16.5. The first-order chi connectivity index (χ1) is 10.4. The fourth-order valence-electron chi connectivity index (χ4n) is 2.38. The zero-order valence-corrected chi connectivity index (χ0v) is 12.2. The van der Waals surface area contributed by atoms with Crippen LogP contribution in [0.5, 0.6) is 0 Å². The van der Waals surface area contributed by atoms with Crippen molar-refractivity contribution in [3.05, 3.63) is 32.1 Å². The largest absolute Gasteiger partial charge is 0.394 e. The molecule has 1 aromatic rings. The van der Waals surface area contributed by atoms with E-state index in [0.29, 0.717) is 6.42 Å². The predicted octanol–water partition coefficient (Wildman–Crippen LogP) is -1.78. The second-order valence-electron chi connectivity index (χ2n) is 4.97. The molecule has 4 atom stereocenters. The van der Waals surface area contributed by atoms with E-state index in [1.165, 1.54) is 6.92 Å². The van der Waals surface area contributed by atoms with E-state index in [1.807, 2.05) is 6.92 Å². The number of ether oxygens (including phenoxy) is 1. The molecule has 1 aromatic heterocycles. The van der Waals surface area contributed by atoms with Crippen molar-refractivity contribution in [3.63, 3.8) is 0 Å². The number of aliphatic hydroxyl groups is 3. The average Bonchev–Trinajstić information content (AvgIpc) is 2.75. The summed E-state index contributed by atoms with van der Waals surface area (Å²) in [5, 5.41) is 28.9. The van der Waals surface area contributed by atoms with Gasteiger partial charge in [-0.15, -0.1) is 0 Å². The number of aromatic nitrogens is 2. The van der Waals surface area contributed by atoms with Gasteiger partial charge in [-0.2, -0.15) is 0 Å². The number of hydrogen-bond donors (Lipinski definition) is 4. The van der Waals surface area contributed by atoms with Crippen LogP contribution in [0.25, 0.3) is 0 Å². The van der Waals surface area contributed by atoms with Crippen LogP contribution in [0.15, 0.2) is 9.59 Å². The highest BCUT2D eigenvalue weighted by molar-refractivity contribution is 5.35. The van der Waals surface area contributed by atoms with Gasteiger partial charge in [0.1, 0.15) is 23.9 Å². The number of nitrogens with one attached hydrogen (secondary N) is 1. The summed E-state index contributed by atoms with van der Waals surface area (Å²) < 4.78 is 6.36. The quantitative estimate of drug-likeness (QED) is 0.479. The van der Waals surface area contributed by atoms with E-state index < -0.39 is 42.4 Å². The topological polar surface area (TPSA) is 125 Å². The zero-order chi connectivity index (χ0) is 16.4. The van der Waals surface area contributed by atoms with E-state index in [4.69, 9.17) is 9.84 Å². The summed E-state index contributed by atoms with van der Waals surface area (Å²) in [7, 11) is 0. The first-order valence-electron chi connectivity index (χ1n) is 6.89. The second-order valence-corrected chi connectivity index (χ2v) is 4.97. The maximum Gasteiger partial charge on any atom is 0.330 e. The van der Waals surface area contributed by atoms with Gasteiger partial charge in [0.2, 0.25) is 0 Å². The van der Waals surface area contributed by atoms with E-state index >= 15 is 0 Å². The number of rotatable bonds is 2. The Morgan fingerprint density at radius 2 is 2.00 bits per heavy atom. The van der Waals surface area contributed by atoms with E-state index in [-0.39, 0.29) is 11.3 Å². The van der Waals surface area contributed by atoms with Crippen molar-refractivity contribution in [2.24, 2.45) is 0 Å². The third-order valence-corrected chi connectivity index (χ3v) is 3.55. The fraction of sp³-hybridized carbons (Fsp3) is 0.571. The number of aliphatic hydroxyl groups excluding tert-OH is 3. The molecule has 0 aliphatic carbocycles. The molecule has 2 heterocycles. The molecule has 0 spiro atoms. The Labute approximate surface area is 126 Å². The van der Waals surface area contributed by atoms with Crippen LogP contribution in [0.2, 0.25) is 0 Å². The zero-order valence-electron chi connectivity index (χ0n) is 12.2. The van der Waals surface area contributed by atoms with Crippen LogP contribution in [0, 0.1) is 18.8 Å². The van der Waals surface area contributed by atoms with Crippen molar-refractivity contribution in [1.29, 1.82) is 0 Å². The van der Waals surface area contributed by atoms with Gasteiger partial charge in [0, 0.05) is 12.1 Å². The molecule has 0 saturated carbocycles. The smallest absolute Gasteiger partial charge is 0.330 e. The summed E-state index contributed by atoms with van der Waals surface area (Å²) in [6, 6.07) is 0. The van der Waals surface area contributed by atoms with Gasteiger partial charge in [-0.25, -0.2) is 4.79 Å². The van der Waals surface area contributed by atoms with E-state index in [2.05, 4.69) is 16.8 Å². The fourth-order valence-corrected chi connectivity index (χ4v) is 2.38. The minimum Gasteiger partial charge on any atom is -0.394 e. The van der Waals surface area contributed by atoms with Gasteiger partial charge >= 0.3 is 5.69 Å². The Morgan fingerprint density at radius 1 is 1.32 bits per heavy atom. The monoisotopic (exact) mass is 310 g/mol. The molecule has 22 heavy (non-hydrogen) atoms. The predicted molar refractivity (Wildman–Crippen MR) is 76.2 cm³/mol. The summed E-state index contributed by atoms with van der Waals surface area (Å²) >= 11 is 0. The third kappa shape index (κ3) is 2.71. The summed E-state index contributed by atoms with van der Waals surface area (Å²) in [5.74, 6) is 5.42. The highest BCUT2D eigenvalue weighted by Crippen LogP contribution is 2.29. The lowest BCUT2D eigenvalue weighted by Crippen LogP contribution is -2.40. The van der Waals surface area contributed by atoms with E-state index in [0.717, 1.165) is 4.57 Å². The second kappa shape index (κ2) is 6.46. The molecule has 120 valence electrons. The van der Waals surface area contributed by atoms with Crippen LogP contribution < -0.4 is 11.2 Å². The summed E-state index contributed by atoms with van der Waals surface area (Å²) in [5.41, 5.74) is -1.07. The van der Waals surface area contributed by atoms with Crippen LogP contribution in [0.3, 0.4) is 0 Å². The number of hydrogen-bond acceptors (Lipinski definition) is 6. The van der Waals surface area contributed by atoms with Gasteiger partial charge in [-0.3, -0.25) is 14.3 Å². The average molecular weight is 310 g/mol. The molecule has 0 amide bonds. The lowest BCUT2D eigenvalue weighted by atomic mass is 10.1. The molecule has 0 bridgehead atoms. The third-order valence-electron chi connectivity index (χ3n) is 3.55. The maximum absolute atomic E-state index is 12.0. The Bertz CT molecular complexity index is 726. The van der Waals surface area contributed by atoms with Crippen molar-refractivity contribution in [2.75, 3.05) is 6.61 Å². The van der Waals surface area contributed by atoms with E-state index in [1.54, 1.807) is 0 Å². The van der Waals surface area contributed by atoms with E-state index in [9.17, 15) is 19.8 Å². The Hall–Kier alpha value is -1.92. The summed E-state index contributed by atoms with van der Waals surface area (Å²) in [6.07, 6.45) is -4.43. The van der Waals surface area contributed by atoms with Crippen LogP contribution in [0.4, 0.5) is 0 Å². The van der Waals surface area contributed by atoms with Crippen LogP contribution in [-0.4, -0.2) is 49.8 Å². The normalized spacial score (nSPS) is 27.5. The standard InChI is InChI=1S/C14H18N2O6/c1-3-4-5-8-7(2)16(14(21)15-12(8)20)13-11(19)10(18)9(6-17)22-13/h9-11,13,17-19H,3,6H2,1-2H3,(H,15,20,21)/t9-,10-,11-,13-/m1/s1. The Morgan fingerprint density at radius 3 is 2.55 bits per heavy atom. The molecule has 0 radical (unpaired) electrons. The van der Waals surface area contributed by atoms with Crippen molar-refractivity contribution < 1.29 is 20.1 Å². The minimum atomic E-state index is -1.41. The molecular formula is C14H18N2O6. The molecule has 2 rings (SSSR count). The molecule has 1 aliphatic rings. The highest BCUT2D eigenvalue weighted by atomic mass is 16.6. The molecule has 1 fully saturated rings. The first-order valence-corrected chi connectivity index (χ1v) is 6.89. The molecule has 4 N–H and O–H groups in total. The molecule has 8 heteroatoms. The molecule has 0 unspecified atom stereocenters. The number of H-pyrrole nitrogens is 1. The highest BCUT2D eigenvalue weighted by Gasteiger charge is 2.44. The lowest BCUT2D eigenvalue weighted by Gasteiger charge is -2.20. The van der Waals surface area contributed by atoms with Crippen LogP contribution in [0.1, 0.15) is 30.8 Å². The van der Waals surface area contributed by atoms with Crippen LogP contribution in [-0.2, 0) is 4.74 Å². The Kier molecular flexibility index (Phi) is 4.83. The molecule has 0 aromatic carbocycles. The van der Waals surface area contributed by atoms with Crippen LogP contribution >= 0.6 is 0 Å². The SMILES string of the molecule is CCC#Cc1c(C)n([C@@H]2O[C@H](CO)[C@@H](O)[C@H]2O)c(=O)[nH]c1=O. The van der Waals surface area contributed by atoms with Gasteiger partial charge < -0.3 is 20.1 Å². The molecule has 1 aliphatic heterocycles. The lowest BCUT2D eigenvalue weighted by molar-refractivity contribution is -0.0559. The molecule has 1 saturated heterocycles. The number of aromatic amines is 1. The van der Waals surface area contributed by atoms with Crippen molar-refractivity contribution in [2.45, 2.75) is 44.8 Å². The maximum atomic E-state index is 12.0. The van der Waals surface area contributed by atoms with Gasteiger partial charge in [0.25, 0.3) is 5.56 Å².